The SMILES string of the molecule is CCCNc1ccc(Cl)c(C(=O)N(C)C(C)COC)n1. The summed E-state index contributed by atoms with van der Waals surface area (Å²) in [5.41, 5.74) is 0.262. The number of ether oxygens (including phenoxy) is 1. The number of pyridine rings is 1. The Morgan fingerprint density at radius 3 is 2.85 bits per heavy atom. The highest BCUT2D eigenvalue weighted by Gasteiger charge is 2.21. The predicted octanol–water partition coefficient (Wildman–Crippen LogP) is 2.66. The Balaban J connectivity index is 2.90. The summed E-state index contributed by atoms with van der Waals surface area (Å²) in [6, 6.07) is 3.42. The maximum atomic E-state index is 12.4. The number of amides is 1. The molecule has 0 saturated carbocycles. The van der Waals surface area contributed by atoms with E-state index in [-0.39, 0.29) is 17.6 Å². The Kier molecular flexibility index (Phi) is 6.75. The summed E-state index contributed by atoms with van der Waals surface area (Å²) in [6.45, 7) is 5.25. The lowest BCUT2D eigenvalue weighted by molar-refractivity contribution is 0.0628. The maximum absolute atomic E-state index is 12.4. The van der Waals surface area contributed by atoms with E-state index in [2.05, 4.69) is 17.2 Å². The molecular weight excluding hydrogens is 278 g/mol. The third-order valence-electron chi connectivity index (χ3n) is 2.99. The van der Waals surface area contributed by atoms with Crippen LogP contribution in [-0.4, -0.2) is 49.1 Å². The minimum atomic E-state index is -0.209. The molecule has 20 heavy (non-hydrogen) atoms. The van der Waals surface area contributed by atoms with Crippen LogP contribution in [-0.2, 0) is 4.74 Å². The van der Waals surface area contributed by atoms with Crippen molar-refractivity contribution >= 4 is 23.3 Å². The maximum Gasteiger partial charge on any atom is 0.274 e. The van der Waals surface area contributed by atoms with E-state index in [0.29, 0.717) is 17.4 Å². The van der Waals surface area contributed by atoms with Crippen molar-refractivity contribution in [3.63, 3.8) is 0 Å². The Morgan fingerprint density at radius 1 is 1.55 bits per heavy atom. The molecule has 0 aliphatic heterocycles. The zero-order chi connectivity index (χ0) is 15.1. The number of carbonyl (C=O) groups is 1. The van der Waals surface area contributed by atoms with Gasteiger partial charge in [0, 0.05) is 20.7 Å². The zero-order valence-corrected chi connectivity index (χ0v) is 13.2. The molecule has 1 aromatic rings. The number of halogens is 1. The molecule has 0 bridgehead atoms. The third-order valence-corrected chi connectivity index (χ3v) is 3.30. The van der Waals surface area contributed by atoms with Gasteiger partial charge >= 0.3 is 0 Å². The second-order valence-corrected chi connectivity index (χ2v) is 5.08. The lowest BCUT2D eigenvalue weighted by Gasteiger charge is -2.24. The van der Waals surface area contributed by atoms with Crippen LogP contribution in [0.5, 0.6) is 0 Å². The van der Waals surface area contributed by atoms with Gasteiger partial charge in [0.15, 0.2) is 0 Å². The third kappa shape index (κ3) is 4.35. The number of rotatable bonds is 7. The number of aromatic nitrogens is 1. The molecule has 6 heteroatoms. The first kappa shape index (κ1) is 16.7. The van der Waals surface area contributed by atoms with Crippen LogP contribution in [0.2, 0.25) is 5.02 Å². The molecular formula is C14H22ClN3O2. The molecule has 0 aliphatic rings. The second kappa shape index (κ2) is 8.07. The first-order valence-corrected chi connectivity index (χ1v) is 7.05. The molecule has 0 spiro atoms. The molecule has 1 amide bonds. The average Bonchev–Trinajstić information content (AvgIpc) is 2.45. The monoisotopic (exact) mass is 299 g/mol. The highest BCUT2D eigenvalue weighted by atomic mass is 35.5. The number of nitrogens with one attached hydrogen (secondary N) is 1. The summed E-state index contributed by atoms with van der Waals surface area (Å²) in [4.78, 5) is 18.3. The van der Waals surface area contributed by atoms with E-state index in [0.717, 1.165) is 13.0 Å². The van der Waals surface area contributed by atoms with Crippen molar-refractivity contribution in [1.82, 2.24) is 9.88 Å². The quantitative estimate of drug-likeness (QED) is 0.841. The highest BCUT2D eigenvalue weighted by molar-refractivity contribution is 6.33. The first-order valence-electron chi connectivity index (χ1n) is 6.67. The van der Waals surface area contributed by atoms with Crippen LogP contribution < -0.4 is 5.32 Å². The van der Waals surface area contributed by atoms with Crippen molar-refractivity contribution in [3.05, 3.63) is 22.8 Å². The molecule has 1 rings (SSSR count). The van der Waals surface area contributed by atoms with Crippen molar-refractivity contribution < 1.29 is 9.53 Å². The molecule has 1 unspecified atom stereocenters. The summed E-state index contributed by atoms with van der Waals surface area (Å²) in [6.07, 6.45) is 0.984. The largest absolute Gasteiger partial charge is 0.383 e. The minimum Gasteiger partial charge on any atom is -0.383 e. The lowest BCUT2D eigenvalue weighted by atomic mass is 10.2. The number of nitrogens with zero attached hydrogens (tertiary/aromatic N) is 2. The Bertz CT molecular complexity index is 454. The van der Waals surface area contributed by atoms with Gasteiger partial charge in [0.05, 0.1) is 17.7 Å². The van der Waals surface area contributed by atoms with E-state index in [1.165, 1.54) is 0 Å². The fourth-order valence-electron chi connectivity index (χ4n) is 1.66. The van der Waals surface area contributed by atoms with E-state index in [4.69, 9.17) is 16.3 Å². The Morgan fingerprint density at radius 2 is 2.25 bits per heavy atom. The van der Waals surface area contributed by atoms with Gasteiger partial charge in [-0.3, -0.25) is 4.79 Å². The molecule has 1 atom stereocenters. The molecule has 1 N–H and O–H groups in total. The summed E-state index contributed by atoms with van der Waals surface area (Å²) in [7, 11) is 3.32. The van der Waals surface area contributed by atoms with Crippen molar-refractivity contribution in [2.75, 3.05) is 32.6 Å². The van der Waals surface area contributed by atoms with Gasteiger partial charge < -0.3 is 15.0 Å². The molecule has 0 aromatic carbocycles. The van der Waals surface area contributed by atoms with Crippen molar-refractivity contribution in [3.8, 4) is 0 Å². The lowest BCUT2D eigenvalue weighted by Crippen LogP contribution is -2.38. The van der Waals surface area contributed by atoms with Crippen LogP contribution in [0.4, 0.5) is 5.82 Å². The smallest absolute Gasteiger partial charge is 0.274 e. The standard InChI is InChI=1S/C14H22ClN3O2/c1-5-8-16-12-7-6-11(15)13(17-12)14(19)18(3)10(2)9-20-4/h6-7,10H,5,8-9H2,1-4H3,(H,16,17). The molecule has 5 nitrogen and oxygen atoms in total. The van der Waals surface area contributed by atoms with Crippen LogP contribution in [0.25, 0.3) is 0 Å². The van der Waals surface area contributed by atoms with Crippen LogP contribution >= 0.6 is 11.6 Å². The van der Waals surface area contributed by atoms with Gasteiger partial charge in [-0.1, -0.05) is 18.5 Å². The van der Waals surface area contributed by atoms with Gasteiger partial charge in [0.1, 0.15) is 11.5 Å². The van der Waals surface area contributed by atoms with Gasteiger partial charge in [0.25, 0.3) is 5.91 Å². The number of hydrogen-bond donors (Lipinski definition) is 1. The molecule has 1 aromatic heterocycles. The van der Waals surface area contributed by atoms with E-state index in [9.17, 15) is 4.79 Å². The number of carbonyl (C=O) groups excluding carboxylic acids is 1. The fraction of sp³-hybridized carbons (Fsp3) is 0.571. The zero-order valence-electron chi connectivity index (χ0n) is 12.4. The molecule has 112 valence electrons. The summed E-state index contributed by atoms with van der Waals surface area (Å²) >= 11 is 6.08. The fourth-order valence-corrected chi connectivity index (χ4v) is 1.85. The topological polar surface area (TPSA) is 54.5 Å². The van der Waals surface area contributed by atoms with Crippen molar-refractivity contribution in [1.29, 1.82) is 0 Å². The number of hydrogen-bond acceptors (Lipinski definition) is 4. The van der Waals surface area contributed by atoms with Crippen molar-refractivity contribution in [2.24, 2.45) is 0 Å². The number of anilines is 1. The van der Waals surface area contributed by atoms with E-state index in [1.54, 1.807) is 31.2 Å². The minimum absolute atomic E-state index is 0.0439. The molecule has 0 fully saturated rings. The number of methoxy groups -OCH3 is 1. The second-order valence-electron chi connectivity index (χ2n) is 4.67. The van der Waals surface area contributed by atoms with Gasteiger partial charge in [-0.25, -0.2) is 4.98 Å². The van der Waals surface area contributed by atoms with E-state index in [1.807, 2.05) is 6.92 Å². The van der Waals surface area contributed by atoms with Crippen molar-refractivity contribution in [2.45, 2.75) is 26.3 Å². The van der Waals surface area contributed by atoms with Gasteiger partial charge in [-0.05, 0) is 25.5 Å². The summed E-state index contributed by atoms with van der Waals surface area (Å²) in [5.74, 6) is 0.451. The van der Waals surface area contributed by atoms with Crippen LogP contribution in [0.3, 0.4) is 0 Å². The van der Waals surface area contributed by atoms with Crippen LogP contribution in [0, 0.1) is 0 Å². The Hall–Kier alpha value is -1.33. The van der Waals surface area contributed by atoms with E-state index < -0.39 is 0 Å². The molecule has 1 heterocycles. The summed E-state index contributed by atoms with van der Waals surface area (Å²) < 4.78 is 5.06. The molecule has 0 aliphatic carbocycles. The summed E-state index contributed by atoms with van der Waals surface area (Å²) in [5, 5.41) is 3.50. The predicted molar refractivity (Wildman–Crippen MR) is 81.5 cm³/mol. The first-order chi connectivity index (χ1) is 9.51. The Labute approximate surface area is 125 Å². The van der Waals surface area contributed by atoms with E-state index >= 15 is 0 Å². The number of likely N-dealkylation sites (N-methyl/N-ethyl adjacent to an activating group) is 1. The highest BCUT2D eigenvalue weighted by Crippen LogP contribution is 2.19. The van der Waals surface area contributed by atoms with Gasteiger partial charge in [0.2, 0.25) is 0 Å². The normalized spacial score (nSPS) is 12.1. The van der Waals surface area contributed by atoms with Crippen LogP contribution in [0.15, 0.2) is 12.1 Å². The van der Waals surface area contributed by atoms with Crippen LogP contribution in [0.1, 0.15) is 30.8 Å². The molecule has 0 saturated heterocycles. The average molecular weight is 300 g/mol. The van der Waals surface area contributed by atoms with Gasteiger partial charge in [-0.15, -0.1) is 0 Å². The molecule has 0 radical (unpaired) electrons. The van der Waals surface area contributed by atoms with Gasteiger partial charge in [-0.2, -0.15) is 0 Å².